The van der Waals surface area contributed by atoms with E-state index >= 15 is 0 Å². The molecular formula is C22H21F3N2O3. The van der Waals surface area contributed by atoms with Crippen LogP contribution >= 0.6 is 0 Å². The number of nitrogens with one attached hydrogen (secondary N) is 1. The Balaban J connectivity index is 1.83. The second-order valence-corrected chi connectivity index (χ2v) is 6.95. The molecule has 0 aliphatic heterocycles. The molecule has 1 heterocycles. The molecule has 0 saturated heterocycles. The van der Waals surface area contributed by atoms with Gasteiger partial charge in [-0.25, -0.2) is 0 Å². The lowest BCUT2D eigenvalue weighted by Crippen LogP contribution is -2.30. The summed E-state index contributed by atoms with van der Waals surface area (Å²) in [7, 11) is 1.57. The van der Waals surface area contributed by atoms with Crippen LogP contribution in [-0.4, -0.2) is 24.1 Å². The zero-order valence-corrected chi connectivity index (χ0v) is 16.5. The summed E-state index contributed by atoms with van der Waals surface area (Å²) in [4.78, 5) is 24.5. The van der Waals surface area contributed by atoms with Gasteiger partial charge >= 0.3 is 6.18 Å². The predicted octanol–water partition coefficient (Wildman–Crippen LogP) is 3.91. The van der Waals surface area contributed by atoms with E-state index in [1.807, 2.05) is 0 Å². The van der Waals surface area contributed by atoms with Crippen molar-refractivity contribution in [3.8, 4) is 0 Å². The first-order valence-corrected chi connectivity index (χ1v) is 9.28. The summed E-state index contributed by atoms with van der Waals surface area (Å²) in [6, 6.07) is 12.1. The molecule has 5 nitrogen and oxygen atoms in total. The van der Waals surface area contributed by atoms with E-state index in [-0.39, 0.29) is 24.0 Å². The van der Waals surface area contributed by atoms with Crippen molar-refractivity contribution in [3.05, 3.63) is 81.1 Å². The van der Waals surface area contributed by atoms with Gasteiger partial charge in [0.15, 0.2) is 5.43 Å². The maximum Gasteiger partial charge on any atom is 0.431 e. The molecule has 0 radical (unpaired) electrons. The molecule has 0 bridgehead atoms. The van der Waals surface area contributed by atoms with Crippen molar-refractivity contribution >= 4 is 16.8 Å². The number of carbonyl (C=O) groups is 1. The number of fused-ring (bicyclic) bond motifs is 1. The topological polar surface area (TPSA) is 60.3 Å². The Morgan fingerprint density at radius 2 is 1.80 bits per heavy atom. The van der Waals surface area contributed by atoms with Crippen LogP contribution in [-0.2, 0) is 24.1 Å². The first kappa shape index (κ1) is 21.6. The van der Waals surface area contributed by atoms with Crippen molar-refractivity contribution in [3.63, 3.8) is 0 Å². The summed E-state index contributed by atoms with van der Waals surface area (Å²) in [6.07, 6.45) is -4.70. The molecule has 1 aromatic heterocycles. The fourth-order valence-electron chi connectivity index (χ4n) is 3.27. The molecule has 1 N–H and O–H groups in total. The van der Waals surface area contributed by atoms with Gasteiger partial charge in [0, 0.05) is 37.2 Å². The number of benzene rings is 2. The highest BCUT2D eigenvalue weighted by molar-refractivity contribution is 5.94. The van der Waals surface area contributed by atoms with Crippen molar-refractivity contribution in [1.29, 1.82) is 0 Å². The molecule has 1 amide bonds. The quantitative estimate of drug-likeness (QED) is 0.661. The van der Waals surface area contributed by atoms with Crippen molar-refractivity contribution < 1.29 is 22.7 Å². The number of carbonyl (C=O) groups excluding carboxylic acids is 1. The maximum absolute atomic E-state index is 13.5. The van der Waals surface area contributed by atoms with Gasteiger partial charge in [-0.2, -0.15) is 13.2 Å². The number of halogens is 3. The van der Waals surface area contributed by atoms with Crippen molar-refractivity contribution in [2.24, 2.45) is 0 Å². The molecule has 0 aliphatic carbocycles. The zero-order valence-electron chi connectivity index (χ0n) is 16.5. The summed E-state index contributed by atoms with van der Waals surface area (Å²) in [5.41, 5.74) is 0.527. The molecule has 8 heteroatoms. The van der Waals surface area contributed by atoms with E-state index in [1.54, 1.807) is 50.4 Å². The monoisotopic (exact) mass is 418 g/mol. The SMILES string of the molecule is COCc1ccc(C(=O)NCCn2c(C(F)(F)F)cc(=O)c3cc(C)ccc32)cc1. The number of methoxy groups -OCH3 is 1. The Bertz CT molecular complexity index is 1120. The number of hydrogen-bond donors (Lipinski definition) is 1. The molecule has 3 rings (SSSR count). The molecule has 0 fully saturated rings. The third kappa shape index (κ3) is 4.71. The van der Waals surface area contributed by atoms with Crippen LogP contribution in [0.5, 0.6) is 0 Å². The number of rotatable bonds is 6. The smallest absolute Gasteiger partial charge is 0.380 e. The van der Waals surface area contributed by atoms with Gasteiger partial charge in [0.25, 0.3) is 5.91 Å². The molecular weight excluding hydrogens is 397 g/mol. The van der Waals surface area contributed by atoms with Crippen LogP contribution < -0.4 is 10.7 Å². The lowest BCUT2D eigenvalue weighted by Gasteiger charge is -2.19. The second kappa shape index (κ2) is 8.71. The molecule has 0 atom stereocenters. The molecule has 0 unspecified atom stereocenters. The van der Waals surface area contributed by atoms with Crippen molar-refractivity contribution in [1.82, 2.24) is 9.88 Å². The molecule has 158 valence electrons. The van der Waals surface area contributed by atoms with Crippen LogP contribution in [0.1, 0.15) is 27.2 Å². The lowest BCUT2D eigenvalue weighted by atomic mass is 10.1. The highest BCUT2D eigenvalue weighted by Crippen LogP contribution is 2.30. The predicted molar refractivity (Wildman–Crippen MR) is 107 cm³/mol. The minimum Gasteiger partial charge on any atom is -0.380 e. The summed E-state index contributed by atoms with van der Waals surface area (Å²) in [5, 5.41) is 2.84. The average molecular weight is 418 g/mol. The summed E-state index contributed by atoms with van der Waals surface area (Å²) in [5.74, 6) is -0.395. The molecule has 2 aromatic carbocycles. The lowest BCUT2D eigenvalue weighted by molar-refractivity contribution is -0.143. The van der Waals surface area contributed by atoms with Gasteiger partial charge in [0.05, 0.1) is 12.1 Å². The van der Waals surface area contributed by atoms with E-state index in [0.29, 0.717) is 18.2 Å². The van der Waals surface area contributed by atoms with Gasteiger partial charge in [-0.1, -0.05) is 23.8 Å². The number of alkyl halides is 3. The first-order valence-electron chi connectivity index (χ1n) is 9.28. The van der Waals surface area contributed by atoms with E-state index in [9.17, 15) is 22.8 Å². The standard InChI is InChI=1S/C22H21F3N2O3/c1-14-3-8-18-17(11-14)19(28)12-20(22(23,24)25)27(18)10-9-26-21(29)16-6-4-15(5-7-16)13-30-2/h3-8,11-12H,9-10,13H2,1-2H3,(H,26,29). The third-order valence-electron chi connectivity index (χ3n) is 4.71. The van der Waals surface area contributed by atoms with Crippen LogP contribution in [0.3, 0.4) is 0 Å². The van der Waals surface area contributed by atoms with E-state index < -0.39 is 23.2 Å². The first-order chi connectivity index (χ1) is 14.2. The molecule has 0 aliphatic rings. The van der Waals surface area contributed by atoms with E-state index in [2.05, 4.69) is 5.32 Å². The van der Waals surface area contributed by atoms with Gasteiger partial charge < -0.3 is 14.6 Å². The fourth-order valence-corrected chi connectivity index (χ4v) is 3.27. The van der Waals surface area contributed by atoms with Crippen LogP contribution in [0.4, 0.5) is 13.2 Å². The Labute approximate surface area is 171 Å². The number of nitrogens with zero attached hydrogens (tertiary/aromatic N) is 1. The van der Waals surface area contributed by atoms with E-state index in [0.717, 1.165) is 15.7 Å². The molecule has 3 aromatic rings. The summed E-state index contributed by atoms with van der Waals surface area (Å²) in [6.45, 7) is 2.01. The van der Waals surface area contributed by atoms with Gasteiger partial charge in [-0.3, -0.25) is 9.59 Å². The van der Waals surface area contributed by atoms with Crippen LogP contribution in [0.15, 0.2) is 53.3 Å². The largest absolute Gasteiger partial charge is 0.431 e. The van der Waals surface area contributed by atoms with Gasteiger partial charge in [-0.05, 0) is 36.8 Å². The number of aromatic nitrogens is 1. The second-order valence-electron chi connectivity index (χ2n) is 6.95. The Morgan fingerprint density at radius 1 is 1.10 bits per heavy atom. The van der Waals surface area contributed by atoms with Crippen LogP contribution in [0, 0.1) is 6.92 Å². The number of aryl methyl sites for hydroxylation is 1. The third-order valence-corrected chi connectivity index (χ3v) is 4.71. The number of pyridine rings is 1. The van der Waals surface area contributed by atoms with Crippen LogP contribution in [0.2, 0.25) is 0 Å². The van der Waals surface area contributed by atoms with Crippen molar-refractivity contribution in [2.45, 2.75) is 26.3 Å². The van der Waals surface area contributed by atoms with Crippen molar-refractivity contribution in [2.75, 3.05) is 13.7 Å². The highest BCUT2D eigenvalue weighted by atomic mass is 19.4. The van der Waals surface area contributed by atoms with Crippen LogP contribution in [0.25, 0.3) is 10.9 Å². The fraction of sp³-hybridized carbons (Fsp3) is 0.273. The minimum atomic E-state index is -4.70. The Kier molecular flexibility index (Phi) is 6.26. The number of ether oxygens (including phenoxy) is 1. The molecule has 0 spiro atoms. The normalized spacial score (nSPS) is 11.6. The maximum atomic E-state index is 13.5. The van der Waals surface area contributed by atoms with E-state index in [4.69, 9.17) is 4.74 Å². The number of hydrogen-bond acceptors (Lipinski definition) is 3. The van der Waals surface area contributed by atoms with Gasteiger partial charge in [-0.15, -0.1) is 0 Å². The van der Waals surface area contributed by atoms with Gasteiger partial charge in [0.1, 0.15) is 5.69 Å². The highest BCUT2D eigenvalue weighted by Gasteiger charge is 2.35. The summed E-state index contributed by atoms with van der Waals surface area (Å²) >= 11 is 0. The zero-order chi connectivity index (χ0) is 21.9. The average Bonchev–Trinajstić information content (AvgIpc) is 2.69. The van der Waals surface area contributed by atoms with E-state index in [1.165, 1.54) is 6.07 Å². The minimum absolute atomic E-state index is 0.0341. The summed E-state index contributed by atoms with van der Waals surface area (Å²) < 4.78 is 46.6. The molecule has 30 heavy (non-hydrogen) atoms. The Morgan fingerprint density at radius 3 is 2.43 bits per heavy atom. The Hall–Kier alpha value is -3.13. The van der Waals surface area contributed by atoms with Gasteiger partial charge in [0.2, 0.25) is 0 Å². The molecule has 0 saturated carbocycles. The number of amides is 1.